The Morgan fingerprint density at radius 3 is 1.11 bits per heavy atom. The maximum Gasteiger partial charge on any atom is 0.338 e. The fourth-order valence-corrected chi connectivity index (χ4v) is 21.8. The zero-order valence-corrected chi connectivity index (χ0v) is 74.9. The molecule has 0 N–H and O–H groups in total. The Morgan fingerprint density at radius 2 is 0.701 bits per heavy atom. The molecule has 26 atom stereocenters. The molecule has 1 spiro atoms. The number of carbonyl (C=O) groups excluding carboxylic acids is 9. The second-order valence-electron chi connectivity index (χ2n) is 36.9. The minimum atomic E-state index is -2.23. The second-order valence-corrected chi connectivity index (χ2v) is 36.9. The topological polar surface area (TPSA) is 311 Å². The molecule has 8 fully saturated rings. The van der Waals surface area contributed by atoms with Crippen molar-refractivity contribution in [1.82, 2.24) is 0 Å². The summed E-state index contributed by atoms with van der Waals surface area (Å²) >= 11 is 0. The molecule has 9 aromatic rings. The van der Waals surface area contributed by atoms with Gasteiger partial charge in [-0.25, -0.2) is 43.2 Å². The molecule has 0 aromatic heterocycles. The van der Waals surface area contributed by atoms with Crippen LogP contribution >= 0.6 is 0 Å². The number of fused-ring (bicyclic) bond motifs is 7. The monoisotopic (exact) mass is 1820 g/mol. The van der Waals surface area contributed by atoms with E-state index in [0.717, 1.165) is 38.5 Å². The fourth-order valence-electron chi connectivity index (χ4n) is 21.8. The number of rotatable bonds is 26. The SMILES string of the molecule is CC1CCC2(OC1)OC1CC3C4CC=C5CC(OC6OC(COC(=O)c7ccccc7)C(OC7OC(COC(=O)c8ccccc8)C(OC(=O)c8ccccc8)C(OC(=O)c8ccccc8)C7OC(=O)c7ccccc7)C(OC(=O)c7ccccc7)C6OC6OC(C)C(OC(=O)c7ccccc7)C(OC(=O)c7ccccc7)C6OC(=O)c6ccccc6)CCC5(C)C4CCC3(C)C1C2C. The molecule has 3 saturated carbocycles. The van der Waals surface area contributed by atoms with Gasteiger partial charge in [0.05, 0.1) is 75.0 Å². The zero-order chi connectivity index (χ0) is 92.8. The Hall–Kier alpha value is -12.4. The predicted molar refractivity (Wildman–Crippen MR) is 481 cm³/mol. The molecule has 0 radical (unpaired) electrons. The fraction of sp³-hybridized carbons (Fsp3) is 0.398. The van der Waals surface area contributed by atoms with E-state index in [2.05, 4.69) is 33.8 Å². The molecule has 134 heavy (non-hydrogen) atoms. The molecule has 9 aliphatic rings. The van der Waals surface area contributed by atoms with Crippen molar-refractivity contribution in [2.24, 2.45) is 46.3 Å². The van der Waals surface area contributed by atoms with Crippen LogP contribution in [0.1, 0.15) is 186 Å². The minimum absolute atomic E-state index is 0.00345. The Kier molecular flexibility index (Phi) is 27.8. The van der Waals surface area contributed by atoms with E-state index >= 15 is 24.0 Å². The van der Waals surface area contributed by atoms with Crippen LogP contribution in [0, 0.1) is 46.3 Å². The number of benzene rings is 9. The largest absolute Gasteiger partial charge is 0.459 e. The highest BCUT2D eigenvalue weighted by Crippen LogP contribution is 2.71. The lowest BCUT2D eigenvalue weighted by atomic mass is 9.47. The summed E-state index contributed by atoms with van der Waals surface area (Å²) in [4.78, 5) is 136. The molecular weight excluding hydrogens is 1710 g/mol. The van der Waals surface area contributed by atoms with E-state index in [0.29, 0.717) is 49.5 Å². The summed E-state index contributed by atoms with van der Waals surface area (Å²) in [7, 11) is 0. The van der Waals surface area contributed by atoms with Crippen molar-refractivity contribution in [3.63, 3.8) is 0 Å². The number of ether oxygens (including phenoxy) is 17. The van der Waals surface area contributed by atoms with Crippen LogP contribution in [-0.4, -0.2) is 184 Å². The highest BCUT2D eigenvalue weighted by molar-refractivity contribution is 5.94. The van der Waals surface area contributed by atoms with Gasteiger partial charge >= 0.3 is 53.7 Å². The van der Waals surface area contributed by atoms with E-state index in [1.807, 2.05) is 0 Å². The van der Waals surface area contributed by atoms with Gasteiger partial charge < -0.3 is 80.5 Å². The van der Waals surface area contributed by atoms with E-state index in [1.165, 1.54) is 122 Å². The van der Waals surface area contributed by atoms with Crippen LogP contribution in [0.2, 0.25) is 0 Å². The van der Waals surface area contributed by atoms with Crippen molar-refractivity contribution in [2.45, 2.75) is 203 Å². The number of allylic oxidation sites excluding steroid dienone is 1. The van der Waals surface area contributed by atoms with Crippen LogP contribution in [0.15, 0.2) is 285 Å². The first kappa shape index (κ1) is 92.1. The summed E-state index contributed by atoms with van der Waals surface area (Å²) in [5, 5.41) is 0. The predicted octanol–water partition coefficient (Wildman–Crippen LogP) is 17.0. The van der Waals surface area contributed by atoms with Gasteiger partial charge in [-0.1, -0.05) is 203 Å². The quantitative estimate of drug-likeness (QED) is 0.0276. The van der Waals surface area contributed by atoms with E-state index < -0.39 is 171 Å². The van der Waals surface area contributed by atoms with Crippen molar-refractivity contribution in [3.8, 4) is 0 Å². The first-order chi connectivity index (χ1) is 65.1. The zero-order valence-electron chi connectivity index (χ0n) is 74.9. The lowest BCUT2D eigenvalue weighted by molar-refractivity contribution is -0.387. The van der Waals surface area contributed by atoms with E-state index in [-0.39, 0.29) is 78.8 Å². The Morgan fingerprint density at radius 1 is 0.351 bits per heavy atom. The molecule has 0 bridgehead atoms. The molecule has 5 heterocycles. The Bertz CT molecular complexity index is 5640. The molecule has 26 nitrogen and oxygen atoms in total. The molecular formula is C108H108O26. The van der Waals surface area contributed by atoms with Gasteiger partial charge in [-0.3, -0.25) is 0 Å². The summed E-state index contributed by atoms with van der Waals surface area (Å²) in [6, 6.07) is 71.0. The lowest BCUT2D eigenvalue weighted by Gasteiger charge is -2.59. The molecule has 26 unspecified atom stereocenters. The summed E-state index contributed by atoms with van der Waals surface area (Å²) in [6.07, 6.45) is -20.0. The van der Waals surface area contributed by atoms with Crippen LogP contribution in [0.5, 0.6) is 0 Å². The second kappa shape index (κ2) is 40.4. The van der Waals surface area contributed by atoms with Gasteiger partial charge in [0.1, 0.15) is 31.5 Å². The third kappa shape index (κ3) is 19.5. The smallest absolute Gasteiger partial charge is 0.338 e. The van der Waals surface area contributed by atoms with Crippen LogP contribution in [0.4, 0.5) is 0 Å². The van der Waals surface area contributed by atoms with Gasteiger partial charge in [-0.15, -0.1) is 0 Å². The first-order valence-electron chi connectivity index (χ1n) is 46.3. The lowest BCUT2D eigenvalue weighted by Crippen LogP contribution is -2.69. The van der Waals surface area contributed by atoms with Crippen molar-refractivity contribution in [3.05, 3.63) is 335 Å². The number of carbonyl (C=O) groups is 9. The van der Waals surface area contributed by atoms with Gasteiger partial charge in [0.25, 0.3) is 0 Å². The molecule has 0 amide bonds. The molecule has 26 heteroatoms. The van der Waals surface area contributed by atoms with Gasteiger partial charge in [-0.2, -0.15) is 0 Å². The number of hydrogen-bond acceptors (Lipinski definition) is 26. The Balaban J connectivity index is 0.789. The number of hydrogen-bond donors (Lipinski definition) is 0. The van der Waals surface area contributed by atoms with Crippen LogP contribution in [0.25, 0.3) is 0 Å². The minimum Gasteiger partial charge on any atom is -0.459 e. The van der Waals surface area contributed by atoms with E-state index in [9.17, 15) is 19.2 Å². The van der Waals surface area contributed by atoms with E-state index in [4.69, 9.17) is 80.5 Å². The first-order valence-corrected chi connectivity index (χ1v) is 46.3. The van der Waals surface area contributed by atoms with E-state index in [1.54, 1.807) is 164 Å². The highest BCUT2D eigenvalue weighted by atomic mass is 16.8. The normalized spacial score (nSPS) is 32.2. The summed E-state index contributed by atoms with van der Waals surface area (Å²) in [5.74, 6) is -7.34. The molecule has 4 aliphatic carbocycles. The molecule has 18 rings (SSSR count). The summed E-state index contributed by atoms with van der Waals surface area (Å²) < 4.78 is 117. The van der Waals surface area contributed by atoms with Gasteiger partial charge in [-0.05, 0) is 208 Å². The molecule has 5 aliphatic heterocycles. The summed E-state index contributed by atoms with van der Waals surface area (Å²) in [6.45, 7) is 10.0. The van der Waals surface area contributed by atoms with Crippen molar-refractivity contribution >= 4 is 53.7 Å². The average molecular weight is 1820 g/mol. The summed E-state index contributed by atoms with van der Waals surface area (Å²) in [5.41, 5.74) is 1.06. The van der Waals surface area contributed by atoms with Crippen molar-refractivity contribution in [1.29, 1.82) is 0 Å². The third-order valence-electron chi connectivity index (χ3n) is 28.7. The van der Waals surface area contributed by atoms with Crippen LogP contribution in [-0.2, 0) is 80.5 Å². The average Bonchev–Trinajstić information content (AvgIpc) is 1.51. The van der Waals surface area contributed by atoms with Gasteiger partial charge in [0.2, 0.25) is 0 Å². The van der Waals surface area contributed by atoms with Gasteiger partial charge in [0, 0.05) is 12.3 Å². The van der Waals surface area contributed by atoms with Gasteiger partial charge in [0.15, 0.2) is 73.5 Å². The van der Waals surface area contributed by atoms with Crippen LogP contribution < -0.4 is 0 Å². The highest BCUT2D eigenvalue weighted by Gasteiger charge is 2.70. The van der Waals surface area contributed by atoms with Crippen molar-refractivity contribution < 1.29 is 124 Å². The Labute approximate surface area is 776 Å². The molecule has 9 aromatic carbocycles. The maximum absolute atomic E-state index is 16.1. The molecule has 696 valence electrons. The standard InChI is InChI=1S/C108H108O26/c1-64-53-58-108(120-61-64)65(2)84-81(134-108)60-80-78-52-51-76-59-77(54-56-106(76,4)79(78)55-57-107(80,84)5)122-104-93(133-103-91(130-101(116)74-47-29-13-30-48-74)88(127-98(113)71-41-23-10-24-42-71)85(66(3)121-103)125-96(111)69-37-19-8-20-38-69)90(129-100(115)73-45-27-12-28-46-73)87(83(123-104)63-119-95(110)68-35-17-7-18-36-68)132-105-92(131-102(117)75-49-31-14-32-50-75)89(128-99(114)72-43-25-11-26-44-72)86(126-97(112)70-39-21-9-22-40-70)82(124-105)62-118-94(109)67-33-15-6-16-34-67/h6-51,64-66,77-93,103-105H,52-63H2,1-5H3. The third-order valence-corrected chi connectivity index (χ3v) is 28.7. The maximum atomic E-state index is 16.1. The van der Waals surface area contributed by atoms with Crippen LogP contribution in [0.3, 0.4) is 0 Å². The molecule has 5 saturated heterocycles. The number of esters is 9. The van der Waals surface area contributed by atoms with Crippen molar-refractivity contribution in [2.75, 3.05) is 19.8 Å².